The largest absolute Gasteiger partial charge is 0.237 e. The van der Waals surface area contributed by atoms with Crippen LogP contribution in [0.15, 0.2) is 146 Å². The Kier molecular flexibility index (Phi) is 5.17. The van der Waals surface area contributed by atoms with E-state index in [9.17, 15) is 0 Å². The van der Waals surface area contributed by atoms with Crippen molar-refractivity contribution in [3.63, 3.8) is 0 Å². The molecule has 0 aliphatic rings. The number of hydrogen-bond acceptors (Lipinski definition) is 2. The van der Waals surface area contributed by atoms with Crippen LogP contribution in [-0.2, 0) is 0 Å². The Hall–Kier alpha value is -5.34. The number of aromatic nitrogens is 2. The van der Waals surface area contributed by atoms with E-state index in [1.54, 1.807) is 0 Å². The highest BCUT2D eigenvalue weighted by Crippen LogP contribution is 2.40. The highest BCUT2D eigenvalue weighted by atomic mass is 14.9. The van der Waals surface area contributed by atoms with Crippen LogP contribution in [0.2, 0.25) is 0 Å². The summed E-state index contributed by atoms with van der Waals surface area (Å²) in [6, 6.07) is 49.6. The molecule has 8 aromatic rings. The van der Waals surface area contributed by atoms with Crippen molar-refractivity contribution in [2.24, 2.45) is 0 Å². The molecule has 7 aromatic carbocycles. The van der Waals surface area contributed by atoms with Gasteiger partial charge in [-0.1, -0.05) is 127 Å². The Bertz CT molecular complexity index is 2180. The summed E-state index contributed by atoms with van der Waals surface area (Å²) in [5.74, 6) is 0.736. The summed E-state index contributed by atoms with van der Waals surface area (Å²) in [6.45, 7) is 0. The summed E-state index contributed by atoms with van der Waals surface area (Å²) in [5, 5.41) is 10.1. The van der Waals surface area contributed by atoms with Gasteiger partial charge in [0.2, 0.25) is 0 Å². The van der Waals surface area contributed by atoms with Crippen LogP contribution in [-0.4, -0.2) is 9.97 Å². The van der Waals surface area contributed by atoms with Crippen molar-refractivity contribution in [1.82, 2.24) is 9.97 Å². The van der Waals surface area contributed by atoms with Crippen molar-refractivity contribution in [2.45, 2.75) is 0 Å². The molecule has 0 unspecified atom stereocenters. The lowest BCUT2D eigenvalue weighted by Gasteiger charge is -2.14. The minimum atomic E-state index is 0.736. The van der Waals surface area contributed by atoms with Crippen LogP contribution in [0.1, 0.15) is 0 Å². The summed E-state index contributed by atoms with van der Waals surface area (Å²) < 4.78 is 0. The molecule has 0 aliphatic carbocycles. The third-order valence-electron chi connectivity index (χ3n) is 7.94. The molecule has 40 heavy (non-hydrogen) atoms. The summed E-state index contributed by atoms with van der Waals surface area (Å²) in [5.41, 5.74) is 5.48. The Labute approximate surface area is 232 Å². The van der Waals surface area contributed by atoms with E-state index < -0.39 is 0 Å². The van der Waals surface area contributed by atoms with Gasteiger partial charge in [0.25, 0.3) is 0 Å². The van der Waals surface area contributed by atoms with Crippen LogP contribution >= 0.6 is 0 Å². The van der Waals surface area contributed by atoms with E-state index in [-0.39, 0.29) is 0 Å². The van der Waals surface area contributed by atoms with Crippen LogP contribution in [0.5, 0.6) is 0 Å². The van der Waals surface area contributed by atoms with Gasteiger partial charge in [0, 0.05) is 17.3 Å². The highest BCUT2D eigenvalue weighted by Gasteiger charge is 2.14. The predicted molar refractivity (Wildman–Crippen MR) is 168 cm³/mol. The van der Waals surface area contributed by atoms with Crippen molar-refractivity contribution < 1.29 is 0 Å². The molecule has 1 heterocycles. The van der Waals surface area contributed by atoms with Gasteiger partial charge in [0.1, 0.15) is 0 Å². The van der Waals surface area contributed by atoms with Gasteiger partial charge in [-0.3, -0.25) is 0 Å². The van der Waals surface area contributed by atoms with Crippen LogP contribution in [0.3, 0.4) is 0 Å². The first-order valence-electron chi connectivity index (χ1n) is 13.6. The molecule has 8 rings (SSSR count). The van der Waals surface area contributed by atoms with Gasteiger partial charge in [-0.2, -0.15) is 0 Å². The van der Waals surface area contributed by atoms with Gasteiger partial charge in [0.05, 0.1) is 5.69 Å². The maximum Gasteiger partial charge on any atom is 0.159 e. The van der Waals surface area contributed by atoms with Crippen LogP contribution in [0, 0.1) is 0 Å². The lowest BCUT2D eigenvalue weighted by molar-refractivity contribution is 1.18. The molecular formula is C38H24N2. The third-order valence-corrected chi connectivity index (χ3v) is 7.94. The van der Waals surface area contributed by atoms with Crippen molar-refractivity contribution in [1.29, 1.82) is 0 Å². The van der Waals surface area contributed by atoms with Gasteiger partial charge in [-0.25, -0.2) is 9.97 Å². The number of nitrogens with zero attached hydrogens (tertiary/aromatic N) is 2. The summed E-state index contributed by atoms with van der Waals surface area (Å²) in [4.78, 5) is 9.50. The molecule has 0 aliphatic heterocycles. The van der Waals surface area contributed by atoms with Crippen LogP contribution in [0.25, 0.3) is 76.9 Å². The van der Waals surface area contributed by atoms with E-state index in [2.05, 4.69) is 108 Å². The first-order valence-corrected chi connectivity index (χ1v) is 13.6. The molecule has 0 amide bonds. The average Bonchev–Trinajstić information content (AvgIpc) is 3.04. The maximum absolute atomic E-state index is 4.96. The van der Waals surface area contributed by atoms with Crippen molar-refractivity contribution in [3.05, 3.63) is 146 Å². The fourth-order valence-corrected chi connectivity index (χ4v) is 6.08. The lowest BCUT2D eigenvalue weighted by Crippen LogP contribution is -1.93. The van der Waals surface area contributed by atoms with Crippen molar-refractivity contribution >= 4 is 43.1 Å². The summed E-state index contributed by atoms with van der Waals surface area (Å²) >= 11 is 0. The normalized spacial score (nSPS) is 11.5. The summed E-state index contributed by atoms with van der Waals surface area (Å²) in [6.07, 6.45) is 1.85. The van der Waals surface area contributed by atoms with E-state index in [4.69, 9.17) is 4.98 Å². The first-order chi connectivity index (χ1) is 19.8. The molecule has 0 fully saturated rings. The molecule has 1 aromatic heterocycles. The van der Waals surface area contributed by atoms with E-state index in [0.717, 1.165) is 22.6 Å². The minimum absolute atomic E-state index is 0.736. The molecule has 0 N–H and O–H groups in total. The second-order valence-corrected chi connectivity index (χ2v) is 10.2. The van der Waals surface area contributed by atoms with E-state index in [1.807, 2.05) is 42.6 Å². The SMILES string of the molecule is c1ccc(-c2nccc(-c3ccc(-c4ccc5c6ccccc6c6ccccc6c5c4)c4ccccc34)n2)cc1. The molecule has 0 atom stereocenters. The first kappa shape index (κ1) is 22.6. The highest BCUT2D eigenvalue weighted by molar-refractivity contribution is 6.26. The Morgan fingerprint density at radius 1 is 0.350 bits per heavy atom. The smallest absolute Gasteiger partial charge is 0.159 e. The maximum atomic E-state index is 4.96. The fraction of sp³-hybridized carbons (Fsp3) is 0. The van der Waals surface area contributed by atoms with Gasteiger partial charge in [0.15, 0.2) is 5.82 Å². The van der Waals surface area contributed by atoms with Crippen molar-refractivity contribution in [2.75, 3.05) is 0 Å². The second-order valence-electron chi connectivity index (χ2n) is 10.2. The van der Waals surface area contributed by atoms with E-state index in [0.29, 0.717) is 0 Å². The average molecular weight is 509 g/mol. The van der Waals surface area contributed by atoms with Gasteiger partial charge in [-0.15, -0.1) is 0 Å². The quantitative estimate of drug-likeness (QED) is 0.222. The second kappa shape index (κ2) is 9.14. The number of rotatable bonds is 3. The molecule has 186 valence electrons. The monoisotopic (exact) mass is 508 g/mol. The zero-order valence-corrected chi connectivity index (χ0v) is 21.8. The van der Waals surface area contributed by atoms with E-state index in [1.165, 1.54) is 54.2 Å². The molecule has 0 bridgehead atoms. The lowest BCUT2D eigenvalue weighted by atomic mass is 9.90. The van der Waals surface area contributed by atoms with Gasteiger partial charge >= 0.3 is 0 Å². The van der Waals surface area contributed by atoms with Gasteiger partial charge < -0.3 is 0 Å². The Morgan fingerprint density at radius 2 is 0.875 bits per heavy atom. The zero-order valence-electron chi connectivity index (χ0n) is 21.8. The van der Waals surface area contributed by atoms with Gasteiger partial charge in [-0.05, 0) is 66.3 Å². The zero-order chi connectivity index (χ0) is 26.5. The van der Waals surface area contributed by atoms with Crippen LogP contribution < -0.4 is 0 Å². The molecular weight excluding hydrogens is 484 g/mol. The Morgan fingerprint density at radius 3 is 1.55 bits per heavy atom. The molecule has 2 nitrogen and oxygen atoms in total. The molecule has 0 saturated carbocycles. The third kappa shape index (κ3) is 3.58. The predicted octanol–water partition coefficient (Wildman–Crippen LogP) is 10.1. The molecule has 0 spiro atoms. The fourth-order valence-electron chi connectivity index (χ4n) is 6.08. The topological polar surface area (TPSA) is 25.8 Å². The Balaban J connectivity index is 1.34. The number of benzene rings is 7. The standard InChI is InChI=1S/C38H24N2/c1-2-10-25(11-3-1)38-39-23-22-37(40-38)35-21-20-27(28-12-4-8-16-32(28)35)26-18-19-34-31-15-6-5-13-29(31)30-14-7-9-17-33(30)36(34)24-26/h1-24H. The molecule has 0 radical (unpaired) electrons. The summed E-state index contributed by atoms with van der Waals surface area (Å²) in [7, 11) is 0. The van der Waals surface area contributed by atoms with Crippen molar-refractivity contribution in [3.8, 4) is 33.8 Å². The van der Waals surface area contributed by atoms with E-state index >= 15 is 0 Å². The number of fused-ring (bicyclic) bond motifs is 7. The van der Waals surface area contributed by atoms with Crippen LogP contribution in [0.4, 0.5) is 0 Å². The number of hydrogen-bond donors (Lipinski definition) is 0. The molecule has 2 heteroatoms. The minimum Gasteiger partial charge on any atom is -0.237 e. The molecule has 0 saturated heterocycles.